The molecule has 0 spiro atoms. The van der Waals surface area contributed by atoms with E-state index in [4.69, 9.17) is 4.42 Å². The van der Waals surface area contributed by atoms with E-state index in [9.17, 15) is 0 Å². The van der Waals surface area contributed by atoms with Gasteiger partial charge in [0, 0.05) is 32.6 Å². The summed E-state index contributed by atoms with van der Waals surface area (Å²) in [4.78, 5) is 0. The molecule has 0 radical (unpaired) electrons. The predicted octanol–water partition coefficient (Wildman–Crippen LogP) is 10.7. The van der Waals surface area contributed by atoms with Crippen molar-refractivity contribution >= 4 is 43.7 Å². The third kappa shape index (κ3) is 3.08. The fourth-order valence-corrected chi connectivity index (χ4v) is 7.16. The third-order valence-electron chi connectivity index (χ3n) is 9.19. The summed E-state index contributed by atoms with van der Waals surface area (Å²) in [6.45, 7) is 4.63. The highest BCUT2D eigenvalue weighted by Crippen LogP contribution is 2.50. The molecular formula is C39H27NO. The van der Waals surface area contributed by atoms with Crippen LogP contribution in [-0.2, 0) is 5.41 Å². The fraction of sp³-hybridized carbons (Fsp3) is 0.0769. The summed E-state index contributed by atoms with van der Waals surface area (Å²) in [5.74, 6) is 0. The molecule has 1 aliphatic carbocycles. The standard InChI is InChI=1S/C39H27NO/c1-39(2)33-14-8-6-12-27(33)30-22-32-31-20-24(17-19-37(31)41-38(32)23-34(30)39)25-16-18-29-28-13-7-9-15-35(28)40(36(29)21-25)26-10-4-3-5-11-26/h3-23H,1-2H3. The van der Waals surface area contributed by atoms with Crippen LogP contribution in [0, 0.1) is 0 Å². The molecule has 0 fully saturated rings. The molecule has 1 aliphatic rings. The molecule has 0 atom stereocenters. The van der Waals surface area contributed by atoms with Crippen molar-refractivity contribution in [2.24, 2.45) is 0 Å². The van der Waals surface area contributed by atoms with Gasteiger partial charge in [-0.1, -0.05) is 92.7 Å². The van der Waals surface area contributed by atoms with Crippen molar-refractivity contribution < 1.29 is 4.42 Å². The number of aromatic nitrogens is 1. The van der Waals surface area contributed by atoms with Crippen molar-refractivity contribution in [2.75, 3.05) is 0 Å². The number of para-hydroxylation sites is 2. The lowest BCUT2D eigenvalue weighted by Crippen LogP contribution is -2.14. The molecule has 0 aliphatic heterocycles. The maximum atomic E-state index is 6.44. The first-order valence-corrected chi connectivity index (χ1v) is 14.3. The highest BCUT2D eigenvalue weighted by molar-refractivity contribution is 6.11. The number of furan rings is 1. The van der Waals surface area contributed by atoms with E-state index in [0.29, 0.717) is 0 Å². The van der Waals surface area contributed by atoms with Gasteiger partial charge in [-0.2, -0.15) is 0 Å². The van der Waals surface area contributed by atoms with Gasteiger partial charge in [-0.3, -0.25) is 0 Å². The van der Waals surface area contributed by atoms with Crippen LogP contribution in [0.5, 0.6) is 0 Å². The molecule has 0 N–H and O–H groups in total. The van der Waals surface area contributed by atoms with E-state index in [-0.39, 0.29) is 5.41 Å². The molecule has 41 heavy (non-hydrogen) atoms. The van der Waals surface area contributed by atoms with E-state index in [1.807, 2.05) is 0 Å². The van der Waals surface area contributed by atoms with Gasteiger partial charge in [0.25, 0.3) is 0 Å². The van der Waals surface area contributed by atoms with Gasteiger partial charge in [-0.05, 0) is 81.9 Å². The van der Waals surface area contributed by atoms with Crippen LogP contribution in [0.4, 0.5) is 0 Å². The van der Waals surface area contributed by atoms with E-state index in [1.54, 1.807) is 0 Å². The van der Waals surface area contributed by atoms with Crippen LogP contribution in [0.2, 0.25) is 0 Å². The third-order valence-corrected chi connectivity index (χ3v) is 9.19. The second-order valence-corrected chi connectivity index (χ2v) is 11.8. The van der Waals surface area contributed by atoms with Gasteiger partial charge in [0.1, 0.15) is 11.2 Å². The summed E-state index contributed by atoms with van der Waals surface area (Å²) in [5, 5.41) is 4.87. The Morgan fingerprint density at radius 1 is 0.488 bits per heavy atom. The van der Waals surface area contributed by atoms with Crippen molar-refractivity contribution in [1.29, 1.82) is 0 Å². The number of rotatable bonds is 2. The Morgan fingerprint density at radius 3 is 2.10 bits per heavy atom. The normalized spacial score (nSPS) is 13.8. The number of hydrogen-bond acceptors (Lipinski definition) is 1. The van der Waals surface area contributed by atoms with Gasteiger partial charge >= 0.3 is 0 Å². The lowest BCUT2D eigenvalue weighted by molar-refractivity contribution is 0.647. The first-order chi connectivity index (χ1) is 20.1. The lowest BCUT2D eigenvalue weighted by atomic mass is 9.82. The van der Waals surface area contributed by atoms with Gasteiger partial charge < -0.3 is 8.98 Å². The molecule has 6 aromatic carbocycles. The average molecular weight is 526 g/mol. The summed E-state index contributed by atoms with van der Waals surface area (Å²) in [6.07, 6.45) is 0. The van der Waals surface area contributed by atoms with Crippen molar-refractivity contribution in [2.45, 2.75) is 19.3 Å². The molecule has 2 aromatic heterocycles. The number of nitrogens with zero attached hydrogens (tertiary/aromatic N) is 1. The second-order valence-electron chi connectivity index (χ2n) is 11.8. The number of fused-ring (bicyclic) bond motifs is 9. The van der Waals surface area contributed by atoms with E-state index in [2.05, 4.69) is 146 Å². The summed E-state index contributed by atoms with van der Waals surface area (Å²) in [6, 6.07) is 46.2. The topological polar surface area (TPSA) is 18.1 Å². The first-order valence-electron chi connectivity index (χ1n) is 14.3. The van der Waals surface area contributed by atoms with Gasteiger partial charge in [0.15, 0.2) is 0 Å². The molecule has 0 saturated carbocycles. The van der Waals surface area contributed by atoms with E-state index in [0.717, 1.165) is 16.6 Å². The van der Waals surface area contributed by atoms with Crippen LogP contribution in [0.3, 0.4) is 0 Å². The van der Waals surface area contributed by atoms with Crippen LogP contribution >= 0.6 is 0 Å². The summed E-state index contributed by atoms with van der Waals surface area (Å²) < 4.78 is 8.82. The van der Waals surface area contributed by atoms with Crippen LogP contribution in [0.15, 0.2) is 132 Å². The van der Waals surface area contributed by atoms with Crippen LogP contribution in [0.25, 0.3) is 71.7 Å². The zero-order chi connectivity index (χ0) is 27.3. The Labute approximate surface area is 238 Å². The van der Waals surface area contributed by atoms with E-state index < -0.39 is 0 Å². The minimum atomic E-state index is -0.0448. The minimum absolute atomic E-state index is 0.0448. The summed E-state index contributed by atoms with van der Waals surface area (Å²) in [5.41, 5.74) is 13.2. The SMILES string of the molecule is CC1(C)c2ccccc2-c2cc3c(cc21)oc1ccc(-c2ccc4c5ccccc5n(-c5ccccc5)c4c2)cc13. The molecule has 9 rings (SSSR count). The van der Waals surface area contributed by atoms with Gasteiger partial charge in [-0.15, -0.1) is 0 Å². The van der Waals surface area contributed by atoms with Gasteiger partial charge in [0.05, 0.1) is 11.0 Å². The molecule has 2 heterocycles. The van der Waals surface area contributed by atoms with Crippen LogP contribution in [-0.4, -0.2) is 4.57 Å². The predicted molar refractivity (Wildman–Crippen MR) is 171 cm³/mol. The molecule has 0 unspecified atom stereocenters. The molecule has 2 nitrogen and oxygen atoms in total. The maximum absolute atomic E-state index is 6.44. The van der Waals surface area contributed by atoms with Gasteiger partial charge in [0.2, 0.25) is 0 Å². The minimum Gasteiger partial charge on any atom is -0.456 e. The Morgan fingerprint density at radius 2 is 1.20 bits per heavy atom. The van der Waals surface area contributed by atoms with Crippen molar-refractivity contribution in [3.05, 3.63) is 139 Å². The van der Waals surface area contributed by atoms with E-state index >= 15 is 0 Å². The fourth-order valence-electron chi connectivity index (χ4n) is 7.16. The van der Waals surface area contributed by atoms with E-state index in [1.165, 1.54) is 66.3 Å². The molecule has 8 aromatic rings. The zero-order valence-electron chi connectivity index (χ0n) is 23.0. The molecule has 2 heteroatoms. The van der Waals surface area contributed by atoms with Crippen molar-refractivity contribution in [3.8, 4) is 27.9 Å². The Bertz CT molecular complexity index is 2330. The highest BCUT2D eigenvalue weighted by Gasteiger charge is 2.36. The monoisotopic (exact) mass is 525 g/mol. The Kier molecular flexibility index (Phi) is 4.42. The van der Waals surface area contributed by atoms with Crippen LogP contribution < -0.4 is 0 Å². The molecule has 0 bridgehead atoms. The molecule has 0 amide bonds. The lowest BCUT2D eigenvalue weighted by Gasteiger charge is -2.21. The molecule has 0 saturated heterocycles. The maximum Gasteiger partial charge on any atom is 0.135 e. The summed E-state index contributed by atoms with van der Waals surface area (Å²) in [7, 11) is 0. The Balaban J connectivity index is 1.26. The smallest absolute Gasteiger partial charge is 0.135 e. The molecular weight excluding hydrogens is 498 g/mol. The zero-order valence-corrected chi connectivity index (χ0v) is 23.0. The van der Waals surface area contributed by atoms with Crippen LogP contribution in [0.1, 0.15) is 25.0 Å². The van der Waals surface area contributed by atoms with Gasteiger partial charge in [-0.25, -0.2) is 0 Å². The first kappa shape index (κ1) is 22.7. The quantitative estimate of drug-likeness (QED) is 0.219. The number of benzene rings is 6. The van der Waals surface area contributed by atoms with Crippen molar-refractivity contribution in [3.63, 3.8) is 0 Å². The van der Waals surface area contributed by atoms with Crippen molar-refractivity contribution in [1.82, 2.24) is 4.57 Å². The Hall–Kier alpha value is -5.08. The summed E-state index contributed by atoms with van der Waals surface area (Å²) >= 11 is 0. The number of hydrogen-bond donors (Lipinski definition) is 0. The average Bonchev–Trinajstić information content (AvgIpc) is 3.62. The largest absolute Gasteiger partial charge is 0.456 e. The molecule has 194 valence electrons. The second kappa shape index (κ2) is 7.99. The highest BCUT2D eigenvalue weighted by atomic mass is 16.3.